The van der Waals surface area contributed by atoms with Gasteiger partial charge < -0.3 is 20.4 Å². The SMILES string of the molecule is C1=CSSC1.CCC.OCC(CO)(CO)CO. The average Bonchev–Trinajstić information content (AvgIpc) is 2.93. The molecule has 104 valence electrons. The molecule has 0 fully saturated rings. The molecule has 1 aliphatic heterocycles. The van der Waals surface area contributed by atoms with Crippen molar-refractivity contribution in [1.82, 2.24) is 0 Å². The third-order valence-electron chi connectivity index (χ3n) is 1.73. The van der Waals surface area contributed by atoms with Gasteiger partial charge in [0.25, 0.3) is 0 Å². The van der Waals surface area contributed by atoms with E-state index in [9.17, 15) is 0 Å². The van der Waals surface area contributed by atoms with Gasteiger partial charge in [0.15, 0.2) is 0 Å². The van der Waals surface area contributed by atoms with E-state index in [2.05, 4.69) is 25.3 Å². The third kappa shape index (κ3) is 11.1. The summed E-state index contributed by atoms with van der Waals surface area (Å²) in [6.07, 6.45) is 3.41. The molecule has 0 aromatic rings. The Bertz CT molecular complexity index is 149. The molecule has 6 heteroatoms. The van der Waals surface area contributed by atoms with E-state index in [1.807, 2.05) is 21.6 Å². The van der Waals surface area contributed by atoms with Crippen LogP contribution < -0.4 is 0 Å². The molecule has 0 bridgehead atoms. The molecule has 0 radical (unpaired) electrons. The molecule has 0 aromatic carbocycles. The Morgan fingerprint density at radius 3 is 1.47 bits per heavy atom. The molecule has 0 saturated heterocycles. The number of aliphatic hydroxyl groups excluding tert-OH is 4. The summed E-state index contributed by atoms with van der Waals surface area (Å²) in [5.41, 5.74) is -1.11. The summed E-state index contributed by atoms with van der Waals surface area (Å²) >= 11 is 0. The van der Waals surface area contributed by atoms with Crippen LogP contribution in [-0.2, 0) is 0 Å². The lowest BCUT2D eigenvalue weighted by molar-refractivity contribution is -0.0328. The molecule has 0 aliphatic carbocycles. The lowest BCUT2D eigenvalue weighted by Crippen LogP contribution is -2.37. The van der Waals surface area contributed by atoms with E-state index in [-0.39, 0.29) is 0 Å². The van der Waals surface area contributed by atoms with Gasteiger partial charge in [0.2, 0.25) is 0 Å². The number of hydrogen-bond donors (Lipinski definition) is 4. The minimum atomic E-state index is -1.11. The average molecular weight is 284 g/mol. The fourth-order valence-electron chi connectivity index (χ4n) is 0.496. The van der Waals surface area contributed by atoms with Crippen LogP contribution in [-0.4, -0.2) is 52.6 Å². The molecule has 17 heavy (non-hydrogen) atoms. The van der Waals surface area contributed by atoms with Gasteiger partial charge in [-0.3, -0.25) is 0 Å². The first-order chi connectivity index (χ1) is 8.16. The minimum absolute atomic E-state index is 0.406. The van der Waals surface area contributed by atoms with Gasteiger partial charge in [0.1, 0.15) is 0 Å². The first kappa shape index (κ1) is 19.6. The van der Waals surface area contributed by atoms with Crippen molar-refractivity contribution < 1.29 is 20.4 Å². The highest BCUT2D eigenvalue weighted by Gasteiger charge is 2.26. The molecule has 1 heterocycles. The molecule has 0 aromatic heterocycles. The van der Waals surface area contributed by atoms with Gasteiger partial charge in [-0.05, 0) is 5.41 Å². The topological polar surface area (TPSA) is 80.9 Å². The monoisotopic (exact) mass is 284 g/mol. The van der Waals surface area contributed by atoms with Gasteiger partial charge in [0, 0.05) is 5.75 Å². The van der Waals surface area contributed by atoms with Crippen molar-refractivity contribution in [2.24, 2.45) is 5.41 Å². The number of rotatable bonds is 4. The molecular weight excluding hydrogens is 260 g/mol. The molecule has 4 nitrogen and oxygen atoms in total. The Hall–Kier alpha value is 0.280. The van der Waals surface area contributed by atoms with Crippen LogP contribution in [0.2, 0.25) is 0 Å². The van der Waals surface area contributed by atoms with Crippen LogP contribution in [0.15, 0.2) is 11.5 Å². The molecule has 1 rings (SSSR count). The predicted octanol–water partition coefficient (Wildman–Crippen LogP) is 1.25. The van der Waals surface area contributed by atoms with E-state index in [4.69, 9.17) is 20.4 Å². The normalized spacial score (nSPS) is 13.5. The third-order valence-corrected chi connectivity index (χ3v) is 3.64. The highest BCUT2D eigenvalue weighted by Crippen LogP contribution is 2.27. The van der Waals surface area contributed by atoms with Gasteiger partial charge in [-0.1, -0.05) is 47.9 Å². The van der Waals surface area contributed by atoms with Crippen molar-refractivity contribution in [2.45, 2.75) is 20.3 Å². The first-order valence-electron chi connectivity index (χ1n) is 5.53. The van der Waals surface area contributed by atoms with Gasteiger partial charge in [-0.15, -0.1) is 0 Å². The second-order valence-corrected chi connectivity index (χ2v) is 5.91. The van der Waals surface area contributed by atoms with E-state index in [1.165, 1.54) is 12.2 Å². The summed E-state index contributed by atoms with van der Waals surface area (Å²) in [6.45, 7) is 2.62. The fraction of sp³-hybridized carbons (Fsp3) is 0.818. The standard InChI is InChI=1S/C5H12O4.C3H4S2.C3H8/c6-1-5(2-7,3-8)4-9;1-2-4-5-3-1;1-3-2/h6-9H,1-4H2;1-2H,3H2;3H2,1-2H3. The quantitative estimate of drug-likeness (QED) is 0.582. The van der Waals surface area contributed by atoms with Crippen molar-refractivity contribution in [1.29, 1.82) is 0 Å². The Labute approximate surface area is 112 Å². The van der Waals surface area contributed by atoms with E-state index in [0.717, 1.165) is 0 Å². The summed E-state index contributed by atoms with van der Waals surface area (Å²) in [7, 11) is 3.69. The van der Waals surface area contributed by atoms with Crippen molar-refractivity contribution in [3.05, 3.63) is 11.5 Å². The second-order valence-electron chi connectivity index (χ2n) is 3.59. The van der Waals surface area contributed by atoms with Crippen LogP contribution in [0.25, 0.3) is 0 Å². The van der Waals surface area contributed by atoms with E-state index < -0.39 is 31.8 Å². The van der Waals surface area contributed by atoms with Crippen molar-refractivity contribution in [2.75, 3.05) is 32.2 Å². The summed E-state index contributed by atoms with van der Waals surface area (Å²) in [4.78, 5) is 0. The van der Waals surface area contributed by atoms with Crippen molar-refractivity contribution >= 4 is 21.6 Å². The number of hydrogen-bond acceptors (Lipinski definition) is 6. The van der Waals surface area contributed by atoms with Gasteiger partial charge in [-0.2, -0.15) is 0 Å². The predicted molar refractivity (Wildman–Crippen MR) is 75.9 cm³/mol. The molecule has 0 unspecified atom stereocenters. The van der Waals surface area contributed by atoms with Crippen LogP contribution in [0.3, 0.4) is 0 Å². The smallest absolute Gasteiger partial charge is 0.0627 e. The number of aliphatic hydroxyl groups is 4. The van der Waals surface area contributed by atoms with Crippen LogP contribution in [0.5, 0.6) is 0 Å². The Morgan fingerprint density at radius 1 is 1.00 bits per heavy atom. The molecule has 1 aliphatic rings. The second kappa shape index (κ2) is 14.3. The van der Waals surface area contributed by atoms with Gasteiger partial charge >= 0.3 is 0 Å². The lowest BCUT2D eigenvalue weighted by atomic mass is 9.93. The van der Waals surface area contributed by atoms with Crippen LogP contribution in [0.4, 0.5) is 0 Å². The van der Waals surface area contributed by atoms with Crippen LogP contribution in [0, 0.1) is 5.41 Å². The summed E-state index contributed by atoms with van der Waals surface area (Å²) in [5.74, 6) is 1.20. The zero-order valence-corrected chi connectivity index (χ0v) is 12.1. The fourth-order valence-corrected chi connectivity index (χ4v) is 2.07. The molecule has 0 atom stereocenters. The van der Waals surface area contributed by atoms with Crippen LogP contribution in [0.1, 0.15) is 20.3 Å². The first-order valence-corrected chi connectivity index (χ1v) is 7.91. The zero-order valence-electron chi connectivity index (χ0n) is 10.5. The minimum Gasteiger partial charge on any atom is -0.396 e. The zero-order chi connectivity index (χ0) is 13.6. The van der Waals surface area contributed by atoms with E-state index in [1.54, 1.807) is 0 Å². The van der Waals surface area contributed by atoms with Crippen LogP contribution >= 0.6 is 21.6 Å². The summed E-state index contributed by atoms with van der Waals surface area (Å²) in [6, 6.07) is 0. The highest BCUT2D eigenvalue weighted by molar-refractivity contribution is 8.78. The Kier molecular flexibility index (Phi) is 16.5. The maximum absolute atomic E-state index is 8.50. The molecular formula is C11H24O4S2. The Balaban J connectivity index is 0. The summed E-state index contributed by atoms with van der Waals surface area (Å²) in [5, 5.41) is 36.1. The Morgan fingerprint density at radius 2 is 1.41 bits per heavy atom. The van der Waals surface area contributed by atoms with Crippen molar-refractivity contribution in [3.63, 3.8) is 0 Å². The van der Waals surface area contributed by atoms with E-state index >= 15 is 0 Å². The molecule has 0 spiro atoms. The van der Waals surface area contributed by atoms with Gasteiger partial charge in [-0.25, -0.2) is 0 Å². The largest absolute Gasteiger partial charge is 0.396 e. The maximum atomic E-state index is 8.50. The maximum Gasteiger partial charge on any atom is 0.0627 e. The highest BCUT2D eigenvalue weighted by atomic mass is 33.1. The molecule has 0 amide bonds. The molecule has 4 N–H and O–H groups in total. The van der Waals surface area contributed by atoms with Gasteiger partial charge in [0.05, 0.1) is 31.8 Å². The molecule has 0 saturated carbocycles. The summed E-state index contributed by atoms with van der Waals surface area (Å²) < 4.78 is 0. The van der Waals surface area contributed by atoms with Crippen molar-refractivity contribution in [3.8, 4) is 0 Å². The lowest BCUT2D eigenvalue weighted by Gasteiger charge is -2.23. The van der Waals surface area contributed by atoms with E-state index in [0.29, 0.717) is 0 Å².